The molecule has 2 heterocycles. The third-order valence-corrected chi connectivity index (χ3v) is 5.75. The molecule has 1 unspecified atom stereocenters. The van der Waals surface area contributed by atoms with Crippen molar-refractivity contribution in [1.82, 2.24) is 15.5 Å². The Hall–Kier alpha value is -1.67. The summed E-state index contributed by atoms with van der Waals surface area (Å²) in [4.78, 5) is 27.1. The molecule has 0 radical (unpaired) electrons. The monoisotopic (exact) mass is 397 g/mol. The summed E-state index contributed by atoms with van der Waals surface area (Å²) in [5, 5.41) is 6.51. The lowest BCUT2D eigenvalue weighted by atomic mass is 9.96. The molecular weight excluding hydrogens is 372 g/mol. The van der Waals surface area contributed by atoms with E-state index < -0.39 is 11.4 Å². The lowest BCUT2D eigenvalue weighted by Crippen LogP contribution is -2.58. The van der Waals surface area contributed by atoms with Crippen LogP contribution in [0.1, 0.15) is 43.5 Å². The number of nitrogens with one attached hydrogen (secondary N) is 2. The highest BCUT2D eigenvalue weighted by atomic mass is 32.2. The van der Waals surface area contributed by atoms with Crippen molar-refractivity contribution in [3.05, 3.63) is 29.8 Å². The van der Waals surface area contributed by atoms with Crippen molar-refractivity contribution in [2.75, 3.05) is 13.1 Å². The maximum Gasteiger partial charge on any atom is 0.288 e. The van der Waals surface area contributed by atoms with E-state index in [1.54, 1.807) is 23.1 Å². The van der Waals surface area contributed by atoms with Crippen molar-refractivity contribution in [2.24, 2.45) is 5.92 Å². The fourth-order valence-electron chi connectivity index (χ4n) is 3.74. The van der Waals surface area contributed by atoms with Crippen molar-refractivity contribution in [3.8, 4) is 0 Å². The SMILES string of the molecule is CC(C)CC1NC2(CCN(C(=O)c3cccc(SC(F)F)c3)CC2)NC1=O. The molecule has 27 heavy (non-hydrogen) atoms. The molecule has 0 aromatic heterocycles. The minimum atomic E-state index is -2.51. The van der Waals surface area contributed by atoms with Crippen LogP contribution in [0, 0.1) is 5.92 Å². The largest absolute Gasteiger partial charge is 0.338 e. The Balaban J connectivity index is 1.61. The Morgan fingerprint density at radius 3 is 2.67 bits per heavy atom. The average molecular weight is 397 g/mol. The Labute approximate surface area is 162 Å². The molecule has 1 atom stereocenters. The van der Waals surface area contributed by atoms with Gasteiger partial charge in [0.05, 0.1) is 11.7 Å². The number of piperidine rings is 1. The fourth-order valence-corrected chi connectivity index (χ4v) is 4.30. The third-order valence-electron chi connectivity index (χ3n) is 5.05. The first-order valence-electron chi connectivity index (χ1n) is 9.22. The topological polar surface area (TPSA) is 61.4 Å². The first kappa shape index (κ1) is 20.1. The van der Waals surface area contributed by atoms with Crippen LogP contribution in [0.5, 0.6) is 0 Å². The van der Waals surface area contributed by atoms with E-state index in [0.717, 1.165) is 6.42 Å². The van der Waals surface area contributed by atoms with Gasteiger partial charge in [-0.1, -0.05) is 31.7 Å². The average Bonchev–Trinajstić information content (AvgIpc) is 2.89. The summed E-state index contributed by atoms with van der Waals surface area (Å²) in [6, 6.07) is 6.17. The van der Waals surface area contributed by atoms with Crippen molar-refractivity contribution in [2.45, 2.75) is 55.5 Å². The van der Waals surface area contributed by atoms with Gasteiger partial charge in [0.2, 0.25) is 5.91 Å². The molecule has 2 fully saturated rings. The van der Waals surface area contributed by atoms with Gasteiger partial charge >= 0.3 is 0 Å². The maximum atomic E-state index is 12.7. The molecule has 5 nitrogen and oxygen atoms in total. The van der Waals surface area contributed by atoms with Crippen LogP contribution in [0.15, 0.2) is 29.2 Å². The third kappa shape index (κ3) is 4.79. The van der Waals surface area contributed by atoms with Gasteiger partial charge in [0.15, 0.2) is 0 Å². The highest BCUT2D eigenvalue weighted by molar-refractivity contribution is 7.99. The van der Waals surface area contributed by atoms with Crippen LogP contribution in [0.25, 0.3) is 0 Å². The summed E-state index contributed by atoms with van der Waals surface area (Å²) >= 11 is 0.436. The van der Waals surface area contributed by atoms with Crippen molar-refractivity contribution in [1.29, 1.82) is 0 Å². The second kappa shape index (κ2) is 8.14. The van der Waals surface area contributed by atoms with E-state index in [1.165, 1.54) is 6.07 Å². The minimum absolute atomic E-state index is 0.0280. The van der Waals surface area contributed by atoms with E-state index >= 15 is 0 Å². The zero-order valence-corrected chi connectivity index (χ0v) is 16.3. The highest BCUT2D eigenvalue weighted by Gasteiger charge is 2.45. The van der Waals surface area contributed by atoms with E-state index in [4.69, 9.17) is 0 Å². The van der Waals surface area contributed by atoms with E-state index in [9.17, 15) is 18.4 Å². The number of nitrogens with zero attached hydrogens (tertiary/aromatic N) is 1. The van der Waals surface area contributed by atoms with E-state index in [1.807, 2.05) is 0 Å². The van der Waals surface area contributed by atoms with E-state index in [0.29, 0.717) is 54.1 Å². The fraction of sp³-hybridized carbons (Fsp3) is 0.579. The molecular formula is C19H25F2N3O2S. The molecule has 2 aliphatic heterocycles. The number of alkyl halides is 2. The molecule has 2 saturated heterocycles. The summed E-state index contributed by atoms with van der Waals surface area (Å²) in [6.07, 6.45) is 2.04. The molecule has 2 N–H and O–H groups in total. The van der Waals surface area contributed by atoms with Gasteiger partial charge in [-0.3, -0.25) is 14.9 Å². The highest BCUT2D eigenvalue weighted by Crippen LogP contribution is 2.29. The lowest BCUT2D eigenvalue weighted by Gasteiger charge is -2.39. The number of carbonyl (C=O) groups excluding carboxylic acids is 2. The van der Waals surface area contributed by atoms with Gasteiger partial charge in [-0.15, -0.1) is 0 Å². The molecule has 2 aliphatic rings. The number of hydrogen-bond donors (Lipinski definition) is 2. The second-order valence-electron chi connectivity index (χ2n) is 7.60. The smallest absolute Gasteiger partial charge is 0.288 e. The predicted octanol–water partition coefficient (Wildman–Crippen LogP) is 3.07. The maximum absolute atomic E-state index is 12.7. The Morgan fingerprint density at radius 2 is 2.04 bits per heavy atom. The molecule has 2 amide bonds. The number of halogens is 2. The normalized spacial score (nSPS) is 21.9. The summed E-state index contributed by atoms with van der Waals surface area (Å²) in [5.41, 5.74) is -0.0291. The van der Waals surface area contributed by atoms with Crippen LogP contribution in [0.4, 0.5) is 8.78 Å². The first-order valence-corrected chi connectivity index (χ1v) is 10.1. The van der Waals surface area contributed by atoms with E-state index in [-0.39, 0.29) is 17.9 Å². The van der Waals surface area contributed by atoms with Gasteiger partial charge in [0.1, 0.15) is 0 Å². The number of amides is 2. The van der Waals surface area contributed by atoms with Gasteiger partial charge in [0.25, 0.3) is 11.7 Å². The molecule has 1 aromatic rings. The summed E-state index contributed by atoms with van der Waals surface area (Å²) in [5.74, 6) is -2.23. The number of rotatable bonds is 5. The number of thioether (sulfide) groups is 1. The Kier molecular flexibility index (Phi) is 6.05. The summed E-state index contributed by atoms with van der Waals surface area (Å²) in [7, 11) is 0. The molecule has 0 bridgehead atoms. The zero-order valence-electron chi connectivity index (χ0n) is 15.5. The Morgan fingerprint density at radius 1 is 1.33 bits per heavy atom. The molecule has 8 heteroatoms. The van der Waals surface area contributed by atoms with Crippen LogP contribution in [-0.2, 0) is 4.79 Å². The lowest BCUT2D eigenvalue weighted by molar-refractivity contribution is -0.121. The predicted molar refractivity (Wildman–Crippen MR) is 101 cm³/mol. The molecule has 3 rings (SSSR count). The molecule has 0 aliphatic carbocycles. The first-order chi connectivity index (χ1) is 12.8. The van der Waals surface area contributed by atoms with Crippen LogP contribution in [-0.4, -0.2) is 47.3 Å². The van der Waals surface area contributed by atoms with Gasteiger partial charge < -0.3 is 10.2 Å². The molecule has 0 saturated carbocycles. The van der Waals surface area contributed by atoms with Gasteiger partial charge in [-0.05, 0) is 30.5 Å². The quantitative estimate of drug-likeness (QED) is 0.750. The number of carbonyl (C=O) groups is 2. The summed E-state index contributed by atoms with van der Waals surface area (Å²) in [6.45, 7) is 5.18. The molecule has 1 aromatic carbocycles. The van der Waals surface area contributed by atoms with E-state index in [2.05, 4.69) is 24.5 Å². The standard InChI is InChI=1S/C19H25F2N3O2S/c1-12(2)10-15-16(25)23-19(22-15)6-8-24(9-7-19)17(26)13-4-3-5-14(11-13)27-18(20)21/h3-5,11-12,15,18,22H,6-10H2,1-2H3,(H,23,25). The summed E-state index contributed by atoms with van der Waals surface area (Å²) < 4.78 is 25.1. The van der Waals surface area contributed by atoms with Crippen molar-refractivity contribution >= 4 is 23.6 Å². The van der Waals surface area contributed by atoms with Gasteiger partial charge in [0, 0.05) is 36.4 Å². The Bertz CT molecular complexity index is 706. The van der Waals surface area contributed by atoms with Crippen LogP contribution in [0.2, 0.25) is 0 Å². The van der Waals surface area contributed by atoms with Crippen LogP contribution >= 0.6 is 11.8 Å². The number of likely N-dealkylation sites (tertiary alicyclic amines) is 1. The van der Waals surface area contributed by atoms with Gasteiger partial charge in [-0.2, -0.15) is 8.78 Å². The molecule has 1 spiro atoms. The van der Waals surface area contributed by atoms with Crippen molar-refractivity contribution in [3.63, 3.8) is 0 Å². The minimum Gasteiger partial charge on any atom is -0.338 e. The van der Waals surface area contributed by atoms with Gasteiger partial charge in [-0.25, -0.2) is 0 Å². The van der Waals surface area contributed by atoms with Crippen LogP contribution in [0.3, 0.4) is 0 Å². The second-order valence-corrected chi connectivity index (χ2v) is 8.66. The zero-order chi connectivity index (χ0) is 19.6. The number of hydrogen-bond acceptors (Lipinski definition) is 4. The molecule has 148 valence electrons. The van der Waals surface area contributed by atoms with Crippen molar-refractivity contribution < 1.29 is 18.4 Å². The number of benzene rings is 1. The van der Waals surface area contributed by atoms with Crippen LogP contribution < -0.4 is 10.6 Å².